The molecule has 120 valence electrons. The smallest absolute Gasteiger partial charge is 0.133 e. The summed E-state index contributed by atoms with van der Waals surface area (Å²) in [6, 6.07) is 5.86. The van der Waals surface area contributed by atoms with E-state index >= 15 is 0 Å². The topological polar surface area (TPSA) is 61.7 Å². The van der Waals surface area contributed by atoms with Crippen molar-refractivity contribution in [3.8, 4) is 5.75 Å². The summed E-state index contributed by atoms with van der Waals surface area (Å²) in [5, 5.41) is 22.1. The minimum absolute atomic E-state index is 0.216. The Morgan fingerprint density at radius 2 is 2.10 bits per heavy atom. The number of aryl methyl sites for hydroxylation is 1. The van der Waals surface area contributed by atoms with Gasteiger partial charge in [0.1, 0.15) is 18.5 Å². The molecule has 0 heterocycles. The predicted molar refractivity (Wildman–Crippen MR) is 88.7 cm³/mol. The molecule has 1 aromatic carbocycles. The lowest BCUT2D eigenvalue weighted by molar-refractivity contribution is 0.104. The van der Waals surface area contributed by atoms with Gasteiger partial charge in [-0.2, -0.15) is 0 Å². The maximum absolute atomic E-state index is 9.92. The number of benzene rings is 1. The third-order valence-electron chi connectivity index (χ3n) is 3.45. The summed E-state index contributed by atoms with van der Waals surface area (Å²) in [7, 11) is 0. The van der Waals surface area contributed by atoms with Gasteiger partial charge in [-0.1, -0.05) is 19.4 Å². The average Bonchev–Trinajstić information content (AvgIpc) is 2.45. The second-order valence-corrected chi connectivity index (χ2v) is 6.20. The van der Waals surface area contributed by atoms with Crippen LogP contribution in [0, 0.1) is 12.8 Å². The number of aliphatic hydroxyl groups is 2. The largest absolute Gasteiger partial charge is 0.490 e. The minimum atomic E-state index is -0.551. The summed E-state index contributed by atoms with van der Waals surface area (Å²) in [6.07, 6.45) is 1.27. The molecule has 0 aliphatic carbocycles. The molecule has 0 saturated carbocycles. The molecular formula is C16H26BrNO3. The normalized spacial score (nSPS) is 14.0. The van der Waals surface area contributed by atoms with Crippen molar-refractivity contribution in [3.63, 3.8) is 0 Å². The number of hydrogen-bond acceptors (Lipinski definition) is 4. The van der Waals surface area contributed by atoms with E-state index in [4.69, 9.17) is 9.84 Å². The molecular weight excluding hydrogens is 334 g/mol. The molecule has 0 saturated heterocycles. The lowest BCUT2D eigenvalue weighted by Gasteiger charge is -2.17. The van der Waals surface area contributed by atoms with E-state index in [0.29, 0.717) is 12.5 Å². The Kier molecular flexibility index (Phi) is 8.92. The highest BCUT2D eigenvalue weighted by Crippen LogP contribution is 2.25. The zero-order valence-electron chi connectivity index (χ0n) is 12.8. The summed E-state index contributed by atoms with van der Waals surface area (Å²) in [6.45, 7) is 5.90. The van der Waals surface area contributed by atoms with Crippen LogP contribution in [0.2, 0.25) is 0 Å². The first-order valence-electron chi connectivity index (χ1n) is 7.45. The third kappa shape index (κ3) is 7.27. The standard InChI is InChI=1S/C16H26BrNO3/c1-3-13(6-7-19)9-18-10-14(20)11-21-16-5-4-12(2)8-15(16)17/h4-5,8,13-14,18-20H,3,6-7,9-11H2,1-2H3. The summed E-state index contributed by atoms with van der Waals surface area (Å²) >= 11 is 3.45. The summed E-state index contributed by atoms with van der Waals surface area (Å²) in [4.78, 5) is 0. The number of halogens is 1. The molecule has 21 heavy (non-hydrogen) atoms. The molecule has 0 amide bonds. The quantitative estimate of drug-likeness (QED) is 0.600. The molecule has 0 aromatic heterocycles. The number of hydrogen-bond donors (Lipinski definition) is 3. The third-order valence-corrected chi connectivity index (χ3v) is 4.07. The monoisotopic (exact) mass is 359 g/mol. The van der Waals surface area contributed by atoms with Crippen molar-refractivity contribution in [2.75, 3.05) is 26.3 Å². The summed E-state index contributed by atoms with van der Waals surface area (Å²) in [5.41, 5.74) is 1.16. The predicted octanol–water partition coefficient (Wildman–Crippen LogP) is 2.50. The number of rotatable bonds is 10. The molecule has 0 bridgehead atoms. The van der Waals surface area contributed by atoms with Crippen LogP contribution in [0.1, 0.15) is 25.3 Å². The van der Waals surface area contributed by atoms with Crippen LogP contribution in [0.3, 0.4) is 0 Å². The second kappa shape index (κ2) is 10.2. The van der Waals surface area contributed by atoms with Crippen molar-refractivity contribution in [1.82, 2.24) is 5.32 Å². The van der Waals surface area contributed by atoms with Crippen molar-refractivity contribution in [1.29, 1.82) is 0 Å². The Morgan fingerprint density at radius 3 is 2.71 bits per heavy atom. The van der Waals surface area contributed by atoms with Gasteiger partial charge < -0.3 is 20.3 Å². The first-order valence-corrected chi connectivity index (χ1v) is 8.24. The highest BCUT2D eigenvalue weighted by Gasteiger charge is 2.09. The first kappa shape index (κ1) is 18.4. The number of nitrogens with one attached hydrogen (secondary N) is 1. The van der Waals surface area contributed by atoms with Gasteiger partial charge in [0, 0.05) is 13.2 Å². The zero-order chi connectivity index (χ0) is 15.7. The fourth-order valence-electron chi connectivity index (χ4n) is 2.05. The van der Waals surface area contributed by atoms with Gasteiger partial charge in [0.2, 0.25) is 0 Å². The van der Waals surface area contributed by atoms with Crippen molar-refractivity contribution < 1.29 is 14.9 Å². The van der Waals surface area contributed by atoms with Crippen LogP contribution < -0.4 is 10.1 Å². The first-order chi connectivity index (χ1) is 10.1. The maximum atomic E-state index is 9.92. The molecule has 2 unspecified atom stereocenters. The molecule has 0 aliphatic rings. The highest BCUT2D eigenvalue weighted by atomic mass is 79.9. The van der Waals surface area contributed by atoms with E-state index < -0.39 is 6.10 Å². The molecule has 5 heteroatoms. The van der Waals surface area contributed by atoms with Gasteiger partial charge in [0.25, 0.3) is 0 Å². The van der Waals surface area contributed by atoms with Crippen LogP contribution in [0.5, 0.6) is 5.75 Å². The van der Waals surface area contributed by atoms with Crippen LogP contribution in [0.4, 0.5) is 0 Å². The van der Waals surface area contributed by atoms with Gasteiger partial charge in [0.15, 0.2) is 0 Å². The van der Waals surface area contributed by atoms with Crippen LogP contribution in [-0.4, -0.2) is 42.6 Å². The fourth-order valence-corrected chi connectivity index (χ4v) is 2.66. The van der Waals surface area contributed by atoms with Crippen molar-refractivity contribution in [2.24, 2.45) is 5.92 Å². The van der Waals surface area contributed by atoms with Gasteiger partial charge >= 0.3 is 0 Å². The molecule has 0 radical (unpaired) electrons. The van der Waals surface area contributed by atoms with Crippen LogP contribution in [0.25, 0.3) is 0 Å². The van der Waals surface area contributed by atoms with Crippen LogP contribution >= 0.6 is 15.9 Å². The average molecular weight is 360 g/mol. The number of aliphatic hydroxyl groups excluding tert-OH is 2. The lowest BCUT2D eigenvalue weighted by atomic mass is 10.0. The molecule has 1 aromatic rings. The van der Waals surface area contributed by atoms with Crippen molar-refractivity contribution in [2.45, 2.75) is 32.8 Å². The van der Waals surface area contributed by atoms with Crippen LogP contribution in [-0.2, 0) is 0 Å². The number of ether oxygens (including phenoxy) is 1. The molecule has 0 aliphatic heterocycles. The van der Waals surface area contributed by atoms with E-state index in [-0.39, 0.29) is 13.2 Å². The van der Waals surface area contributed by atoms with E-state index in [1.54, 1.807) is 0 Å². The van der Waals surface area contributed by atoms with Gasteiger partial charge in [0.05, 0.1) is 4.47 Å². The van der Waals surface area contributed by atoms with Gasteiger partial charge in [-0.05, 0) is 59.4 Å². The van der Waals surface area contributed by atoms with E-state index in [1.165, 1.54) is 0 Å². The van der Waals surface area contributed by atoms with Gasteiger partial charge in [-0.15, -0.1) is 0 Å². The molecule has 3 N–H and O–H groups in total. The van der Waals surface area contributed by atoms with E-state index in [9.17, 15) is 5.11 Å². The highest BCUT2D eigenvalue weighted by molar-refractivity contribution is 9.10. The van der Waals surface area contributed by atoms with Crippen molar-refractivity contribution >= 4 is 15.9 Å². The van der Waals surface area contributed by atoms with E-state index in [0.717, 1.165) is 35.2 Å². The molecule has 0 fully saturated rings. The Hall–Kier alpha value is -0.620. The SMILES string of the molecule is CCC(CCO)CNCC(O)COc1ccc(C)cc1Br. The minimum Gasteiger partial charge on any atom is -0.490 e. The molecule has 1 rings (SSSR count). The molecule has 4 nitrogen and oxygen atoms in total. The fraction of sp³-hybridized carbons (Fsp3) is 0.625. The van der Waals surface area contributed by atoms with Gasteiger partial charge in [-0.25, -0.2) is 0 Å². The zero-order valence-corrected chi connectivity index (χ0v) is 14.4. The van der Waals surface area contributed by atoms with Crippen molar-refractivity contribution in [3.05, 3.63) is 28.2 Å². The van der Waals surface area contributed by atoms with E-state index in [1.807, 2.05) is 25.1 Å². The lowest BCUT2D eigenvalue weighted by Crippen LogP contribution is -2.34. The Morgan fingerprint density at radius 1 is 1.33 bits per heavy atom. The molecule has 2 atom stereocenters. The van der Waals surface area contributed by atoms with Crippen LogP contribution in [0.15, 0.2) is 22.7 Å². The summed E-state index contributed by atoms with van der Waals surface area (Å²) < 4.78 is 6.51. The Balaban J connectivity index is 2.26. The van der Waals surface area contributed by atoms with Gasteiger partial charge in [-0.3, -0.25) is 0 Å². The molecule has 0 spiro atoms. The van der Waals surface area contributed by atoms with E-state index in [2.05, 4.69) is 28.2 Å². The summed E-state index contributed by atoms with van der Waals surface area (Å²) in [5.74, 6) is 1.20. The Labute approximate surface area is 135 Å². The maximum Gasteiger partial charge on any atom is 0.133 e. The Bertz CT molecular complexity index is 415. The second-order valence-electron chi connectivity index (χ2n) is 5.34.